The van der Waals surface area contributed by atoms with E-state index in [1.165, 1.54) is 0 Å². The summed E-state index contributed by atoms with van der Waals surface area (Å²) in [6.45, 7) is 0.602. The number of hydrogen-bond acceptors (Lipinski definition) is 4. The molecule has 1 aliphatic carbocycles. The number of likely N-dealkylation sites (tertiary alicyclic amines) is 1. The van der Waals surface area contributed by atoms with Crippen LogP contribution in [0, 0.1) is 5.92 Å². The molecular weight excluding hydrogens is 272 g/mol. The van der Waals surface area contributed by atoms with Crippen LogP contribution in [0.3, 0.4) is 0 Å². The van der Waals surface area contributed by atoms with E-state index in [4.69, 9.17) is 4.74 Å². The summed E-state index contributed by atoms with van der Waals surface area (Å²) in [6, 6.07) is -0.630. The van der Waals surface area contributed by atoms with Crippen LogP contribution in [0.4, 0.5) is 4.79 Å². The van der Waals surface area contributed by atoms with Crippen LogP contribution < -0.4 is 5.32 Å². The Labute approximate surface area is 123 Å². The SMILES string of the molecule is O=CN[C@H]1CCCCN(C(=O)OCC2C=CC=CC2)C1=O. The second-order valence-electron chi connectivity index (χ2n) is 5.21. The first-order valence-corrected chi connectivity index (χ1v) is 7.23. The van der Waals surface area contributed by atoms with Gasteiger partial charge < -0.3 is 10.1 Å². The first kappa shape index (κ1) is 15.3. The van der Waals surface area contributed by atoms with E-state index in [1.54, 1.807) is 0 Å². The summed E-state index contributed by atoms with van der Waals surface area (Å²) in [4.78, 5) is 35.9. The van der Waals surface area contributed by atoms with E-state index in [-0.39, 0.29) is 18.4 Å². The second-order valence-corrected chi connectivity index (χ2v) is 5.21. The third-order valence-corrected chi connectivity index (χ3v) is 3.67. The van der Waals surface area contributed by atoms with Gasteiger partial charge in [0.25, 0.3) is 5.91 Å². The summed E-state index contributed by atoms with van der Waals surface area (Å²) in [7, 11) is 0. The Balaban J connectivity index is 1.89. The van der Waals surface area contributed by atoms with E-state index in [2.05, 4.69) is 5.32 Å². The second kappa shape index (κ2) is 7.61. The maximum Gasteiger partial charge on any atom is 0.416 e. The molecule has 3 amide bonds. The third kappa shape index (κ3) is 4.18. The first-order valence-electron chi connectivity index (χ1n) is 7.23. The van der Waals surface area contributed by atoms with Crippen LogP contribution in [0.2, 0.25) is 0 Å². The minimum absolute atomic E-state index is 0.157. The van der Waals surface area contributed by atoms with Crippen molar-refractivity contribution in [1.29, 1.82) is 0 Å². The molecule has 1 unspecified atom stereocenters. The number of imide groups is 1. The molecule has 0 radical (unpaired) electrons. The molecule has 2 atom stereocenters. The van der Waals surface area contributed by atoms with Gasteiger partial charge in [-0.3, -0.25) is 9.59 Å². The lowest BCUT2D eigenvalue weighted by molar-refractivity contribution is -0.132. The van der Waals surface area contributed by atoms with Crippen LogP contribution in [-0.4, -0.2) is 42.5 Å². The van der Waals surface area contributed by atoms with Crippen molar-refractivity contribution in [3.63, 3.8) is 0 Å². The third-order valence-electron chi connectivity index (χ3n) is 3.67. The fourth-order valence-corrected chi connectivity index (χ4v) is 2.47. The number of nitrogens with one attached hydrogen (secondary N) is 1. The monoisotopic (exact) mass is 292 g/mol. The molecule has 0 aromatic rings. The molecular formula is C15H20N2O4. The van der Waals surface area contributed by atoms with E-state index in [0.29, 0.717) is 19.4 Å². The van der Waals surface area contributed by atoms with E-state index >= 15 is 0 Å². The lowest BCUT2D eigenvalue weighted by atomic mass is 10.0. The highest BCUT2D eigenvalue weighted by atomic mass is 16.6. The summed E-state index contributed by atoms with van der Waals surface area (Å²) >= 11 is 0. The van der Waals surface area contributed by atoms with E-state index in [0.717, 1.165) is 24.2 Å². The lowest BCUT2D eigenvalue weighted by Gasteiger charge is -2.22. The largest absolute Gasteiger partial charge is 0.448 e. The molecule has 2 aliphatic rings. The predicted octanol–water partition coefficient (Wildman–Crippen LogP) is 1.38. The van der Waals surface area contributed by atoms with Gasteiger partial charge in [0, 0.05) is 12.5 Å². The van der Waals surface area contributed by atoms with E-state index in [9.17, 15) is 14.4 Å². The van der Waals surface area contributed by atoms with Crippen molar-refractivity contribution in [2.75, 3.05) is 13.2 Å². The molecule has 0 aromatic heterocycles. The van der Waals surface area contributed by atoms with Gasteiger partial charge in [-0.25, -0.2) is 9.69 Å². The van der Waals surface area contributed by atoms with Gasteiger partial charge in [-0.1, -0.05) is 24.3 Å². The van der Waals surface area contributed by atoms with Gasteiger partial charge in [-0.15, -0.1) is 0 Å². The summed E-state index contributed by atoms with van der Waals surface area (Å²) in [5.41, 5.74) is 0. The number of carbonyl (C=O) groups is 3. The molecule has 114 valence electrons. The number of rotatable bonds is 4. The number of carbonyl (C=O) groups excluding carboxylic acids is 3. The van der Waals surface area contributed by atoms with Gasteiger partial charge in [-0.05, 0) is 25.7 Å². The van der Waals surface area contributed by atoms with E-state index in [1.807, 2.05) is 24.3 Å². The Morgan fingerprint density at radius 2 is 2.29 bits per heavy atom. The van der Waals surface area contributed by atoms with Gasteiger partial charge in [0.2, 0.25) is 6.41 Å². The zero-order valence-corrected chi connectivity index (χ0v) is 11.9. The molecule has 0 aromatic carbocycles. The van der Waals surface area contributed by atoms with Crippen LogP contribution in [0.15, 0.2) is 24.3 Å². The van der Waals surface area contributed by atoms with Gasteiger partial charge in [0.15, 0.2) is 0 Å². The van der Waals surface area contributed by atoms with Gasteiger partial charge in [-0.2, -0.15) is 0 Å². The minimum Gasteiger partial charge on any atom is -0.448 e. The highest BCUT2D eigenvalue weighted by Crippen LogP contribution is 2.15. The number of nitrogens with zero attached hydrogens (tertiary/aromatic N) is 1. The van der Waals surface area contributed by atoms with E-state index < -0.39 is 12.1 Å². The highest BCUT2D eigenvalue weighted by Gasteiger charge is 2.31. The maximum atomic E-state index is 12.2. The average Bonchev–Trinajstić information content (AvgIpc) is 2.69. The van der Waals surface area contributed by atoms with Crippen molar-refractivity contribution in [3.05, 3.63) is 24.3 Å². The molecule has 1 heterocycles. The summed E-state index contributed by atoms with van der Waals surface area (Å²) < 4.78 is 5.24. The lowest BCUT2D eigenvalue weighted by Crippen LogP contribution is -2.47. The normalized spacial score (nSPS) is 25.3. The fraction of sp³-hybridized carbons (Fsp3) is 0.533. The molecule has 21 heavy (non-hydrogen) atoms. The van der Waals surface area contributed by atoms with Crippen LogP contribution in [-0.2, 0) is 14.3 Å². The fourth-order valence-electron chi connectivity index (χ4n) is 2.47. The molecule has 1 fully saturated rings. The molecule has 6 nitrogen and oxygen atoms in total. The summed E-state index contributed by atoms with van der Waals surface area (Å²) in [6.07, 6.45) is 10.6. The smallest absolute Gasteiger partial charge is 0.416 e. The molecule has 0 bridgehead atoms. The Morgan fingerprint density at radius 3 is 3.00 bits per heavy atom. The van der Waals surface area contributed by atoms with Crippen LogP contribution in [0.5, 0.6) is 0 Å². The number of ether oxygens (including phenoxy) is 1. The number of hydrogen-bond donors (Lipinski definition) is 1. The van der Waals surface area contributed by atoms with Crippen molar-refractivity contribution in [2.24, 2.45) is 5.92 Å². The zero-order chi connectivity index (χ0) is 15.1. The quantitative estimate of drug-likeness (QED) is 0.794. The molecule has 1 N–H and O–H groups in total. The van der Waals surface area contributed by atoms with Crippen molar-refractivity contribution in [2.45, 2.75) is 31.7 Å². The number of amides is 3. The van der Waals surface area contributed by atoms with Gasteiger partial charge in [0.1, 0.15) is 6.04 Å². The van der Waals surface area contributed by atoms with Crippen LogP contribution in [0.25, 0.3) is 0 Å². The van der Waals surface area contributed by atoms with Crippen molar-refractivity contribution in [1.82, 2.24) is 10.2 Å². The average molecular weight is 292 g/mol. The molecule has 2 rings (SSSR count). The van der Waals surface area contributed by atoms with Gasteiger partial charge >= 0.3 is 6.09 Å². The Kier molecular flexibility index (Phi) is 5.54. The minimum atomic E-state index is -0.630. The summed E-state index contributed by atoms with van der Waals surface area (Å²) in [5.74, 6) is -0.228. The van der Waals surface area contributed by atoms with Crippen molar-refractivity contribution >= 4 is 18.4 Å². The zero-order valence-electron chi connectivity index (χ0n) is 11.9. The molecule has 0 saturated carbocycles. The molecule has 1 saturated heterocycles. The maximum absolute atomic E-state index is 12.2. The van der Waals surface area contributed by atoms with Crippen LogP contribution >= 0.6 is 0 Å². The molecule has 6 heteroatoms. The Hall–Kier alpha value is -2.11. The molecule has 0 spiro atoms. The first-order chi connectivity index (χ1) is 10.2. The summed E-state index contributed by atoms with van der Waals surface area (Å²) in [5, 5.41) is 2.46. The number of allylic oxidation sites excluding steroid dienone is 3. The predicted molar refractivity (Wildman–Crippen MR) is 76.3 cm³/mol. The topological polar surface area (TPSA) is 75.7 Å². The van der Waals surface area contributed by atoms with Crippen molar-refractivity contribution < 1.29 is 19.1 Å². The highest BCUT2D eigenvalue weighted by molar-refractivity contribution is 5.95. The van der Waals surface area contributed by atoms with Gasteiger partial charge in [0.05, 0.1) is 6.61 Å². The Morgan fingerprint density at radius 1 is 1.43 bits per heavy atom. The molecule has 1 aliphatic heterocycles. The Bertz CT molecular complexity index is 459. The standard InChI is InChI=1S/C15H20N2O4/c18-11-16-13-8-4-5-9-17(14(13)19)15(20)21-10-12-6-2-1-3-7-12/h1-3,6,11-13H,4-5,7-10H2,(H,16,18)/t12?,13-/m0/s1. The van der Waals surface area contributed by atoms with Crippen molar-refractivity contribution in [3.8, 4) is 0 Å². The van der Waals surface area contributed by atoms with Crippen LogP contribution in [0.1, 0.15) is 25.7 Å².